The summed E-state index contributed by atoms with van der Waals surface area (Å²) in [4.78, 5) is 0. The number of nitrogens with zero attached hydrogens (tertiary/aromatic N) is 1. The van der Waals surface area contributed by atoms with Gasteiger partial charge in [-0.25, -0.2) is 4.57 Å². The standard InChI is InChI=1S/C22H47NO5P/c1-7-8-9-10-11-12-13-14-15-16-17-18-19-22(24)21(23(2,3)4)20-28-29(25,26-5)27-6/h18-19,21-22,24H,7-17,20H2,1-6H3/q+1/b19-18+/t21-,22?/m0/s1. The van der Waals surface area contributed by atoms with E-state index in [-0.39, 0.29) is 12.6 Å². The summed E-state index contributed by atoms with van der Waals surface area (Å²) in [6.07, 6.45) is 17.3. The highest BCUT2D eigenvalue weighted by Crippen LogP contribution is 2.47. The first-order valence-corrected chi connectivity index (χ1v) is 12.7. The number of phosphoric acid groups is 1. The van der Waals surface area contributed by atoms with Crippen LogP contribution in [0.25, 0.3) is 0 Å². The summed E-state index contributed by atoms with van der Waals surface area (Å²) in [6.45, 7) is 2.33. The Labute approximate surface area is 179 Å². The van der Waals surface area contributed by atoms with Gasteiger partial charge in [-0.1, -0.05) is 76.9 Å². The fraction of sp³-hybridized carbons (Fsp3) is 0.909. The van der Waals surface area contributed by atoms with Crippen molar-refractivity contribution >= 4 is 7.82 Å². The average Bonchev–Trinajstić information content (AvgIpc) is 2.67. The first-order chi connectivity index (χ1) is 13.7. The molecule has 0 aliphatic rings. The summed E-state index contributed by atoms with van der Waals surface area (Å²) in [6, 6.07) is -0.280. The van der Waals surface area contributed by atoms with Gasteiger partial charge in [0.15, 0.2) is 0 Å². The minimum atomic E-state index is -3.55. The van der Waals surface area contributed by atoms with Crippen LogP contribution in [0, 0.1) is 0 Å². The third-order valence-corrected chi connectivity index (χ3v) is 6.66. The Morgan fingerprint density at radius 2 is 1.38 bits per heavy atom. The molecule has 0 saturated carbocycles. The SMILES string of the molecule is CCCCCCCCCCCC/C=C/C(O)[C@H](COP(=O)(OC)OC)[N+](C)(C)C. The molecule has 0 spiro atoms. The Balaban J connectivity index is 4.13. The van der Waals surface area contributed by atoms with Crippen LogP contribution in [0.3, 0.4) is 0 Å². The summed E-state index contributed by atoms with van der Waals surface area (Å²) in [5.74, 6) is 0. The lowest BCUT2D eigenvalue weighted by molar-refractivity contribution is -0.899. The molecule has 0 heterocycles. The van der Waals surface area contributed by atoms with E-state index >= 15 is 0 Å². The van der Waals surface area contributed by atoms with Crippen LogP contribution in [-0.4, -0.2) is 63.7 Å². The maximum Gasteiger partial charge on any atom is 0.474 e. The van der Waals surface area contributed by atoms with Gasteiger partial charge in [0.05, 0.1) is 21.1 Å². The van der Waals surface area contributed by atoms with Gasteiger partial charge in [-0.15, -0.1) is 0 Å². The van der Waals surface area contributed by atoms with Crippen molar-refractivity contribution in [3.8, 4) is 0 Å². The molecule has 174 valence electrons. The van der Waals surface area contributed by atoms with E-state index in [0.717, 1.165) is 12.8 Å². The number of phosphoric ester groups is 1. The first kappa shape index (κ1) is 28.8. The van der Waals surface area contributed by atoms with Crippen molar-refractivity contribution in [2.24, 2.45) is 0 Å². The predicted molar refractivity (Wildman–Crippen MR) is 121 cm³/mol. The molecule has 0 aromatic carbocycles. The van der Waals surface area contributed by atoms with Crippen LogP contribution in [-0.2, 0) is 18.1 Å². The molecule has 0 aliphatic heterocycles. The fourth-order valence-corrected chi connectivity index (χ4v) is 3.94. The summed E-state index contributed by atoms with van der Waals surface area (Å²) < 4.78 is 27.6. The Morgan fingerprint density at radius 1 is 0.897 bits per heavy atom. The minimum absolute atomic E-state index is 0.0756. The molecule has 29 heavy (non-hydrogen) atoms. The number of aliphatic hydroxyl groups excluding tert-OH is 1. The second kappa shape index (κ2) is 16.5. The molecule has 0 aliphatic carbocycles. The molecule has 0 aromatic rings. The van der Waals surface area contributed by atoms with Crippen LogP contribution in [0.5, 0.6) is 0 Å². The molecule has 0 fully saturated rings. The lowest BCUT2D eigenvalue weighted by Gasteiger charge is -2.36. The van der Waals surface area contributed by atoms with Gasteiger partial charge in [0.25, 0.3) is 0 Å². The molecule has 2 atom stereocenters. The number of quaternary nitrogens is 1. The second-order valence-electron chi connectivity index (χ2n) is 8.68. The van der Waals surface area contributed by atoms with Crippen molar-refractivity contribution in [1.82, 2.24) is 0 Å². The third-order valence-electron chi connectivity index (χ3n) is 5.30. The lowest BCUT2D eigenvalue weighted by atomic mass is 10.0. The van der Waals surface area contributed by atoms with Crippen molar-refractivity contribution in [3.63, 3.8) is 0 Å². The highest BCUT2D eigenvalue weighted by Gasteiger charge is 2.34. The van der Waals surface area contributed by atoms with Crippen LogP contribution in [0.15, 0.2) is 12.2 Å². The van der Waals surface area contributed by atoms with Crippen molar-refractivity contribution in [1.29, 1.82) is 0 Å². The van der Waals surface area contributed by atoms with E-state index in [1.54, 1.807) is 0 Å². The van der Waals surface area contributed by atoms with E-state index in [1.807, 2.05) is 33.3 Å². The van der Waals surface area contributed by atoms with Crippen LogP contribution in [0.2, 0.25) is 0 Å². The molecule has 0 aromatic heterocycles. The van der Waals surface area contributed by atoms with E-state index in [2.05, 4.69) is 6.92 Å². The zero-order chi connectivity index (χ0) is 22.2. The molecule has 1 unspecified atom stereocenters. The summed E-state index contributed by atoms with van der Waals surface area (Å²) >= 11 is 0. The van der Waals surface area contributed by atoms with Gasteiger partial charge in [0.1, 0.15) is 18.8 Å². The molecule has 1 N–H and O–H groups in total. The van der Waals surface area contributed by atoms with E-state index < -0.39 is 13.9 Å². The lowest BCUT2D eigenvalue weighted by Crippen LogP contribution is -2.53. The number of rotatable bonds is 19. The summed E-state index contributed by atoms with van der Waals surface area (Å²) in [5.41, 5.74) is 0. The molecule has 0 amide bonds. The van der Waals surface area contributed by atoms with Crippen LogP contribution < -0.4 is 0 Å². The van der Waals surface area contributed by atoms with Crippen molar-refractivity contribution < 1.29 is 27.7 Å². The van der Waals surface area contributed by atoms with Crippen LogP contribution in [0.4, 0.5) is 0 Å². The van der Waals surface area contributed by atoms with E-state index in [0.29, 0.717) is 4.48 Å². The molecule has 0 saturated heterocycles. The van der Waals surface area contributed by atoms with Gasteiger partial charge in [0.2, 0.25) is 0 Å². The second-order valence-corrected chi connectivity index (χ2v) is 10.6. The smallest absolute Gasteiger partial charge is 0.383 e. The molecular formula is C22H47NO5P+. The number of likely N-dealkylation sites (N-methyl/N-ethyl adjacent to an activating group) is 1. The topological polar surface area (TPSA) is 65.0 Å². The maximum absolute atomic E-state index is 12.1. The predicted octanol–water partition coefficient (Wildman–Crippen LogP) is 5.71. The zero-order valence-electron chi connectivity index (χ0n) is 19.8. The van der Waals surface area contributed by atoms with Crippen LogP contribution in [0.1, 0.15) is 77.6 Å². The maximum atomic E-state index is 12.1. The number of unbranched alkanes of at least 4 members (excludes halogenated alkanes) is 10. The van der Waals surface area contributed by atoms with Crippen molar-refractivity contribution in [2.45, 2.75) is 89.7 Å². The number of allylic oxidation sites excluding steroid dienone is 1. The van der Waals surface area contributed by atoms with Gasteiger partial charge in [-0.3, -0.25) is 13.6 Å². The zero-order valence-corrected chi connectivity index (χ0v) is 20.7. The Bertz CT molecular complexity index is 457. The third kappa shape index (κ3) is 14.4. The van der Waals surface area contributed by atoms with Gasteiger partial charge in [-0.05, 0) is 12.8 Å². The normalized spacial score (nSPS) is 15.1. The summed E-state index contributed by atoms with van der Waals surface area (Å²) in [7, 11) is 4.93. The Kier molecular flexibility index (Phi) is 16.3. The van der Waals surface area contributed by atoms with Gasteiger partial charge >= 0.3 is 7.82 Å². The summed E-state index contributed by atoms with van der Waals surface area (Å²) in [5, 5.41) is 10.6. The number of aliphatic hydroxyl groups is 1. The molecule has 6 nitrogen and oxygen atoms in total. The monoisotopic (exact) mass is 436 g/mol. The molecule has 0 radical (unpaired) electrons. The van der Waals surface area contributed by atoms with E-state index in [9.17, 15) is 9.67 Å². The average molecular weight is 437 g/mol. The van der Waals surface area contributed by atoms with Crippen molar-refractivity contribution in [3.05, 3.63) is 12.2 Å². The number of hydrogen-bond donors (Lipinski definition) is 1. The quantitative estimate of drug-likeness (QED) is 0.122. The van der Waals surface area contributed by atoms with Crippen molar-refractivity contribution in [2.75, 3.05) is 42.0 Å². The highest BCUT2D eigenvalue weighted by atomic mass is 31.2. The largest absolute Gasteiger partial charge is 0.474 e. The molecule has 0 bridgehead atoms. The Hall–Kier alpha value is -0.230. The van der Waals surface area contributed by atoms with Crippen LogP contribution >= 0.6 is 7.82 Å². The van der Waals surface area contributed by atoms with E-state index in [4.69, 9.17) is 13.6 Å². The minimum Gasteiger partial charge on any atom is -0.383 e. The van der Waals surface area contributed by atoms with E-state index in [1.165, 1.54) is 72.0 Å². The van der Waals surface area contributed by atoms with Gasteiger partial charge in [-0.2, -0.15) is 0 Å². The first-order valence-electron chi connectivity index (χ1n) is 11.2. The molecule has 0 rings (SSSR count). The number of hydrogen-bond acceptors (Lipinski definition) is 5. The molecule has 7 heteroatoms. The fourth-order valence-electron chi connectivity index (χ4n) is 3.24. The molecular weight excluding hydrogens is 389 g/mol. The van der Waals surface area contributed by atoms with Gasteiger partial charge in [0, 0.05) is 14.2 Å². The highest BCUT2D eigenvalue weighted by molar-refractivity contribution is 7.48. The Morgan fingerprint density at radius 3 is 1.83 bits per heavy atom. The van der Waals surface area contributed by atoms with Gasteiger partial charge < -0.3 is 9.59 Å².